The van der Waals surface area contributed by atoms with Gasteiger partial charge in [-0.25, -0.2) is 0 Å². The van der Waals surface area contributed by atoms with Crippen LogP contribution in [0.25, 0.3) is 0 Å². The van der Waals surface area contributed by atoms with Gasteiger partial charge in [0.25, 0.3) is 5.69 Å². The molecule has 4 heteroatoms. The number of fused-ring (bicyclic) bond motifs is 5. The van der Waals surface area contributed by atoms with Crippen molar-refractivity contribution in [1.82, 2.24) is 0 Å². The van der Waals surface area contributed by atoms with E-state index >= 15 is 0 Å². The molecule has 4 nitrogen and oxygen atoms in total. The molecule has 1 aromatic rings. The van der Waals surface area contributed by atoms with Crippen molar-refractivity contribution in [2.45, 2.75) is 56.4 Å². The van der Waals surface area contributed by atoms with E-state index in [1.54, 1.807) is 6.07 Å². The van der Waals surface area contributed by atoms with Crippen molar-refractivity contribution in [3.05, 3.63) is 39.4 Å². The monoisotopic (exact) mass is 284 g/mol. The van der Waals surface area contributed by atoms with Crippen molar-refractivity contribution in [3.63, 3.8) is 0 Å². The van der Waals surface area contributed by atoms with Gasteiger partial charge in [0.2, 0.25) is 0 Å². The third-order valence-corrected chi connectivity index (χ3v) is 6.94. The Morgan fingerprint density at radius 3 is 2.71 bits per heavy atom. The number of benzene rings is 1. The van der Waals surface area contributed by atoms with Crippen LogP contribution in [-0.2, 0) is 0 Å². The summed E-state index contributed by atoms with van der Waals surface area (Å²) in [6.45, 7) is 2.40. The van der Waals surface area contributed by atoms with Crippen molar-refractivity contribution in [2.75, 3.05) is 0 Å². The second-order valence-corrected chi connectivity index (χ2v) is 8.52. The van der Waals surface area contributed by atoms with Gasteiger partial charge in [0.05, 0.1) is 4.92 Å². The fourth-order valence-electron chi connectivity index (χ4n) is 6.95. The molecule has 3 fully saturated rings. The maximum atomic E-state index is 11.1. The van der Waals surface area contributed by atoms with E-state index in [1.807, 2.05) is 12.1 Å². The molecule has 4 aliphatic rings. The molecule has 0 radical (unpaired) electrons. The van der Waals surface area contributed by atoms with Gasteiger partial charge in [-0.15, -0.1) is 0 Å². The first-order valence-corrected chi connectivity index (χ1v) is 7.92. The van der Waals surface area contributed by atoms with Crippen LogP contribution in [0.5, 0.6) is 0 Å². The van der Waals surface area contributed by atoms with Crippen molar-refractivity contribution in [1.29, 1.82) is 0 Å². The Labute approximate surface area is 123 Å². The Bertz CT molecular complexity index is 698. The zero-order valence-electron chi connectivity index (χ0n) is 12.3. The summed E-state index contributed by atoms with van der Waals surface area (Å²) in [5, 5.41) is 11.1. The average molecular weight is 284 g/mol. The predicted molar refractivity (Wildman–Crippen MR) is 79.1 cm³/mol. The second kappa shape index (κ2) is 3.17. The van der Waals surface area contributed by atoms with E-state index in [0.29, 0.717) is 22.7 Å². The van der Waals surface area contributed by atoms with Gasteiger partial charge < -0.3 is 5.73 Å². The van der Waals surface area contributed by atoms with E-state index in [9.17, 15) is 10.1 Å². The van der Waals surface area contributed by atoms with E-state index in [1.165, 1.54) is 24.0 Å². The Balaban J connectivity index is 1.74. The molecule has 0 heterocycles. The minimum absolute atomic E-state index is 0.0330. The number of nitrogens with two attached hydrogens (primary N) is 1. The molecular weight excluding hydrogens is 264 g/mol. The molecule has 0 saturated heterocycles. The highest BCUT2D eigenvalue weighted by molar-refractivity contribution is 5.53. The van der Waals surface area contributed by atoms with Crippen LogP contribution < -0.4 is 5.73 Å². The van der Waals surface area contributed by atoms with Crippen LogP contribution in [0.4, 0.5) is 5.69 Å². The second-order valence-electron chi connectivity index (χ2n) is 8.52. The summed E-state index contributed by atoms with van der Waals surface area (Å²) in [5.74, 6) is 1.03. The number of non-ortho nitro benzene ring substituents is 1. The minimum Gasteiger partial charge on any atom is -0.325 e. The maximum Gasteiger partial charge on any atom is 0.269 e. The molecule has 4 aliphatic carbocycles. The minimum atomic E-state index is -0.268. The van der Waals surface area contributed by atoms with Crippen molar-refractivity contribution in [3.8, 4) is 0 Å². The lowest BCUT2D eigenvalue weighted by atomic mass is 9.66. The molecule has 110 valence electrons. The zero-order chi connectivity index (χ0) is 14.6. The molecule has 0 aromatic heterocycles. The number of rotatable bonds is 1. The normalized spacial score (nSPS) is 48.5. The molecule has 0 aliphatic heterocycles. The van der Waals surface area contributed by atoms with Crippen molar-refractivity contribution >= 4 is 5.69 Å². The standard InChI is InChI=1S/C17H20N2O2/c1-15-5-13-11-3-2-10(19(20)21)4-12(11)14-6-16(18,7-15)9-17(13,14)8-15/h2-4,13-14H,5-9,18H2,1H3. The lowest BCUT2D eigenvalue weighted by molar-refractivity contribution is -0.384. The highest BCUT2D eigenvalue weighted by Gasteiger charge is 2.71. The summed E-state index contributed by atoms with van der Waals surface area (Å²) in [6, 6.07) is 5.57. The molecule has 2 N–H and O–H groups in total. The average Bonchev–Trinajstić information content (AvgIpc) is 2.84. The SMILES string of the molecule is CC12CC3c4ccc([N+](=O)[O-])cc4C4CC(N)(C1)CC34C2. The largest absolute Gasteiger partial charge is 0.325 e. The molecule has 5 rings (SSSR count). The molecule has 1 spiro atoms. The van der Waals surface area contributed by atoms with E-state index in [4.69, 9.17) is 5.73 Å². The zero-order valence-corrected chi connectivity index (χ0v) is 12.3. The molecule has 0 amide bonds. The van der Waals surface area contributed by atoms with Crippen LogP contribution in [0.15, 0.2) is 18.2 Å². The third-order valence-electron chi connectivity index (χ3n) is 6.94. The number of hydrogen-bond acceptors (Lipinski definition) is 3. The smallest absolute Gasteiger partial charge is 0.269 e. The first-order chi connectivity index (χ1) is 9.84. The van der Waals surface area contributed by atoms with Gasteiger partial charge in [0.1, 0.15) is 0 Å². The van der Waals surface area contributed by atoms with Gasteiger partial charge >= 0.3 is 0 Å². The van der Waals surface area contributed by atoms with Crippen LogP contribution in [0.3, 0.4) is 0 Å². The Morgan fingerprint density at radius 1 is 1.19 bits per heavy atom. The van der Waals surface area contributed by atoms with E-state index in [-0.39, 0.29) is 16.1 Å². The molecular formula is C17H20N2O2. The summed E-state index contributed by atoms with van der Waals surface area (Å²) in [5.41, 5.74) is 10.2. The van der Waals surface area contributed by atoms with E-state index in [2.05, 4.69) is 6.92 Å². The quantitative estimate of drug-likeness (QED) is 0.634. The van der Waals surface area contributed by atoms with E-state index < -0.39 is 0 Å². The fraction of sp³-hybridized carbons (Fsp3) is 0.647. The van der Waals surface area contributed by atoms with Gasteiger partial charge in [-0.2, -0.15) is 0 Å². The summed E-state index contributed by atoms with van der Waals surface area (Å²) in [4.78, 5) is 10.8. The lowest BCUT2D eigenvalue weighted by Crippen LogP contribution is -2.45. The van der Waals surface area contributed by atoms with Gasteiger partial charge in [0, 0.05) is 17.7 Å². The number of hydrogen-bond donors (Lipinski definition) is 1. The topological polar surface area (TPSA) is 69.2 Å². The highest BCUT2D eigenvalue weighted by atomic mass is 16.6. The van der Waals surface area contributed by atoms with E-state index in [0.717, 1.165) is 19.3 Å². The molecule has 1 aromatic carbocycles. The van der Waals surface area contributed by atoms with Crippen molar-refractivity contribution < 1.29 is 4.92 Å². The summed E-state index contributed by atoms with van der Waals surface area (Å²) >= 11 is 0. The molecule has 5 atom stereocenters. The Morgan fingerprint density at radius 2 is 1.95 bits per heavy atom. The number of nitrogens with zero attached hydrogens (tertiary/aromatic N) is 1. The fourth-order valence-corrected chi connectivity index (χ4v) is 6.95. The molecule has 5 unspecified atom stereocenters. The summed E-state index contributed by atoms with van der Waals surface area (Å²) in [7, 11) is 0. The van der Waals surface area contributed by atoms with Gasteiger partial charge in [-0.1, -0.05) is 13.0 Å². The Kier molecular flexibility index (Phi) is 1.83. The molecule has 3 bridgehead atoms. The van der Waals surface area contributed by atoms with Crippen LogP contribution in [0.2, 0.25) is 0 Å². The number of nitro groups is 1. The first-order valence-electron chi connectivity index (χ1n) is 7.92. The number of nitro benzene ring substituents is 1. The van der Waals surface area contributed by atoms with Crippen LogP contribution in [0.1, 0.15) is 62.0 Å². The van der Waals surface area contributed by atoms with Crippen molar-refractivity contribution in [2.24, 2.45) is 16.6 Å². The summed E-state index contributed by atoms with van der Waals surface area (Å²) < 4.78 is 0. The maximum absolute atomic E-state index is 11.1. The predicted octanol–water partition coefficient (Wildman–Crippen LogP) is 3.46. The molecule has 21 heavy (non-hydrogen) atoms. The Hall–Kier alpha value is -1.42. The first kappa shape index (κ1) is 12.2. The molecule has 3 saturated carbocycles. The van der Waals surface area contributed by atoms with Crippen LogP contribution in [0, 0.1) is 20.9 Å². The van der Waals surface area contributed by atoms with Gasteiger partial charge in [-0.3, -0.25) is 10.1 Å². The summed E-state index contributed by atoms with van der Waals surface area (Å²) in [6.07, 6.45) is 5.75. The lowest BCUT2D eigenvalue weighted by Gasteiger charge is -2.41. The van der Waals surface area contributed by atoms with Crippen LogP contribution in [-0.4, -0.2) is 10.5 Å². The van der Waals surface area contributed by atoms with Gasteiger partial charge in [-0.05, 0) is 65.9 Å². The third kappa shape index (κ3) is 1.26. The van der Waals surface area contributed by atoms with Crippen LogP contribution >= 0.6 is 0 Å². The highest BCUT2D eigenvalue weighted by Crippen LogP contribution is 2.79. The van der Waals surface area contributed by atoms with Gasteiger partial charge in [0.15, 0.2) is 0 Å².